The van der Waals surface area contributed by atoms with Crippen molar-refractivity contribution in [2.24, 2.45) is 0 Å². The van der Waals surface area contributed by atoms with Gasteiger partial charge < -0.3 is 3.79 Å². The Kier molecular flexibility index (Phi) is 1.99. The fraction of sp³-hybridized carbons (Fsp3) is 0. The lowest BCUT2D eigenvalue weighted by molar-refractivity contribution is 0.622. The molecule has 0 aliphatic rings. The molecule has 0 saturated heterocycles. The maximum atomic E-state index is 5.19. The van der Waals surface area contributed by atoms with Crippen LogP contribution in [0.25, 0.3) is 10.9 Å². The highest BCUT2D eigenvalue weighted by Crippen LogP contribution is 2.21. The first-order valence-corrected chi connectivity index (χ1v) is 4.25. The van der Waals surface area contributed by atoms with Gasteiger partial charge in [-0.3, -0.25) is 4.98 Å². The van der Waals surface area contributed by atoms with E-state index in [1.165, 1.54) is 16.6 Å². The number of para-hydroxylation sites is 1. The van der Waals surface area contributed by atoms with Crippen LogP contribution in [-0.2, 0) is 0 Å². The van der Waals surface area contributed by atoms with Crippen LogP contribution >= 0.6 is 0 Å². The molecule has 0 aliphatic heterocycles. The van der Waals surface area contributed by atoms with Crippen LogP contribution in [0, 0.1) is 0 Å². The van der Waals surface area contributed by atoms with Gasteiger partial charge in [-0.25, -0.2) is 0 Å². The van der Waals surface area contributed by atoms with Crippen LogP contribution in [0.15, 0.2) is 36.5 Å². The Labute approximate surface area is 78.9 Å². The van der Waals surface area contributed by atoms with Gasteiger partial charge in [0, 0.05) is 11.6 Å². The van der Waals surface area contributed by atoms with Crippen LogP contribution in [-0.4, -0.2) is 21.6 Å². The van der Waals surface area contributed by atoms with Crippen molar-refractivity contribution in [3.8, 4) is 5.75 Å². The van der Waals surface area contributed by atoms with Crippen molar-refractivity contribution < 1.29 is 3.79 Å². The molecule has 0 amide bonds. The Balaban J connectivity index is 2.79. The van der Waals surface area contributed by atoms with Gasteiger partial charge in [0.25, 0.3) is 0 Å². The number of pyridine rings is 1. The van der Waals surface area contributed by atoms with Crippen molar-refractivity contribution in [1.82, 2.24) is 4.98 Å². The summed E-state index contributed by atoms with van der Waals surface area (Å²) < 4.78 is 5.19. The molecule has 0 fully saturated rings. The van der Waals surface area contributed by atoms with Gasteiger partial charge in [-0.2, -0.15) is 0 Å². The Bertz CT molecular complexity index is 397. The Morgan fingerprint density at radius 3 is 2.83 bits per heavy atom. The summed E-state index contributed by atoms with van der Waals surface area (Å²) in [5.74, 6) is 0.839. The molecular weight excluding hydrogens is 165 g/mol. The van der Waals surface area contributed by atoms with E-state index >= 15 is 0 Å². The van der Waals surface area contributed by atoms with Crippen LogP contribution in [0.4, 0.5) is 0 Å². The van der Waals surface area contributed by atoms with Gasteiger partial charge in [0.05, 0.1) is 0 Å². The van der Waals surface area contributed by atoms with Crippen LogP contribution in [0.3, 0.4) is 0 Å². The lowest BCUT2D eigenvalue weighted by atomic mass is 10.2. The first kappa shape index (κ1) is 7.60. The van der Waals surface area contributed by atoms with E-state index in [0.717, 1.165) is 16.7 Å². The van der Waals surface area contributed by atoms with Crippen molar-refractivity contribution >= 4 is 27.5 Å². The number of aromatic nitrogens is 1. The van der Waals surface area contributed by atoms with E-state index in [1.54, 1.807) is 6.20 Å². The minimum atomic E-state index is 0.839. The summed E-state index contributed by atoms with van der Waals surface area (Å²) in [6, 6.07) is 9.85. The van der Waals surface area contributed by atoms with Crippen molar-refractivity contribution in [1.29, 1.82) is 0 Å². The highest BCUT2D eigenvalue weighted by molar-refractivity contribution is 6.01. The smallest absolute Gasteiger partial charge is 0.494 e. The molecule has 12 heavy (non-hydrogen) atoms. The molecule has 2 rings (SSSR count). The first-order valence-electron chi connectivity index (χ1n) is 3.67. The molecule has 0 N–H and O–H groups in total. The van der Waals surface area contributed by atoms with Gasteiger partial charge in [-0.1, -0.05) is 18.2 Å². The first-order chi connectivity index (χ1) is 5.92. The van der Waals surface area contributed by atoms with Gasteiger partial charge >= 0.3 is 16.6 Å². The van der Waals surface area contributed by atoms with Crippen LogP contribution in [0.2, 0.25) is 0 Å². The maximum absolute atomic E-state index is 5.19. The Morgan fingerprint density at radius 2 is 2.00 bits per heavy atom. The molecule has 0 bridgehead atoms. The summed E-state index contributed by atoms with van der Waals surface area (Å²) in [6.45, 7) is 0. The van der Waals surface area contributed by atoms with Crippen molar-refractivity contribution in [3.63, 3.8) is 0 Å². The molecule has 0 aliphatic carbocycles. The Morgan fingerprint density at radius 1 is 1.17 bits per heavy atom. The zero-order valence-electron chi connectivity index (χ0n) is 6.53. The molecule has 2 aromatic rings. The fourth-order valence-electron chi connectivity index (χ4n) is 1.19. The second-order valence-corrected chi connectivity index (χ2v) is 2.76. The monoisotopic (exact) mass is 172 g/mol. The highest BCUT2D eigenvalue weighted by Gasteiger charge is 1.97. The molecule has 0 saturated carbocycles. The second kappa shape index (κ2) is 3.14. The fourth-order valence-corrected chi connectivity index (χ4v) is 1.43. The largest absolute Gasteiger partial charge is 0.649 e. The minimum Gasteiger partial charge on any atom is -0.649 e. The van der Waals surface area contributed by atoms with Gasteiger partial charge in [-0.05, 0) is 12.1 Å². The third-order valence-corrected chi connectivity index (χ3v) is 2.06. The summed E-state index contributed by atoms with van der Waals surface area (Å²) in [6.07, 6.45) is 1.77. The van der Waals surface area contributed by atoms with E-state index in [0.29, 0.717) is 0 Å². The van der Waals surface area contributed by atoms with Crippen molar-refractivity contribution in [3.05, 3.63) is 36.5 Å². The highest BCUT2D eigenvalue weighted by atomic mass is 27.1. The summed E-state index contributed by atoms with van der Waals surface area (Å²) in [5, 5.41) is 1.11. The minimum absolute atomic E-state index is 0.839. The number of hydrogen-bond acceptors (Lipinski definition) is 2. The molecule has 0 spiro atoms. The molecule has 1 radical (unpaired) electrons. The molecule has 1 aromatic carbocycles. The van der Waals surface area contributed by atoms with E-state index in [9.17, 15) is 0 Å². The molecule has 0 atom stereocenters. The number of fused-ring (bicyclic) bond motifs is 1. The number of rotatable bonds is 1. The molecule has 2 nitrogen and oxygen atoms in total. The third kappa shape index (κ3) is 1.18. The van der Waals surface area contributed by atoms with Crippen LogP contribution in [0.1, 0.15) is 0 Å². The van der Waals surface area contributed by atoms with Crippen molar-refractivity contribution in [2.45, 2.75) is 0 Å². The van der Waals surface area contributed by atoms with Gasteiger partial charge in [0.1, 0.15) is 11.3 Å². The zero-order chi connectivity index (χ0) is 8.39. The lowest BCUT2D eigenvalue weighted by Crippen LogP contribution is -1.87. The average Bonchev–Trinajstić information content (AvgIpc) is 2.17. The van der Waals surface area contributed by atoms with Crippen molar-refractivity contribution in [2.75, 3.05) is 0 Å². The van der Waals surface area contributed by atoms with Gasteiger partial charge in [-0.15, -0.1) is 0 Å². The predicted molar refractivity (Wildman–Crippen MR) is 49.5 cm³/mol. The summed E-state index contributed by atoms with van der Waals surface area (Å²) in [4.78, 5) is 4.23. The second-order valence-electron chi connectivity index (χ2n) is 2.48. The van der Waals surface area contributed by atoms with E-state index in [4.69, 9.17) is 3.79 Å². The standard InChI is InChI=1S/C9H7NO.Al.H/c11-8-5-1-3-7-4-2-6-10-9(7)8;;/h1-6,11H;;/q;+1;/p-1. The Hall–Kier alpha value is -1.04. The predicted octanol–water partition coefficient (Wildman–Crippen LogP) is 1.43. The number of nitrogens with zero attached hydrogens (tertiary/aromatic N) is 1. The summed E-state index contributed by atoms with van der Waals surface area (Å²) in [5.41, 5.74) is 0.926. The molecule has 3 heteroatoms. The van der Waals surface area contributed by atoms with E-state index in [2.05, 4.69) is 4.98 Å². The zero-order valence-corrected chi connectivity index (χ0v) is 7.94. The average molecular weight is 172 g/mol. The van der Waals surface area contributed by atoms with Crippen LogP contribution in [0.5, 0.6) is 5.75 Å². The topological polar surface area (TPSA) is 22.1 Å². The molecular formula is C9H7AlNO. The number of benzene rings is 1. The van der Waals surface area contributed by atoms with Crippen LogP contribution < -0.4 is 3.79 Å². The van der Waals surface area contributed by atoms with E-state index < -0.39 is 0 Å². The maximum Gasteiger partial charge on any atom is 0.494 e. The molecule has 0 unspecified atom stereocenters. The normalized spacial score (nSPS) is 10.0. The van der Waals surface area contributed by atoms with E-state index in [-0.39, 0.29) is 0 Å². The number of hydrogen-bond donors (Lipinski definition) is 0. The van der Waals surface area contributed by atoms with E-state index in [1.807, 2.05) is 30.3 Å². The molecule has 1 heterocycles. The third-order valence-electron chi connectivity index (χ3n) is 1.75. The summed E-state index contributed by atoms with van der Waals surface area (Å²) >= 11 is 1.47. The summed E-state index contributed by atoms with van der Waals surface area (Å²) in [7, 11) is 0. The quantitative estimate of drug-likeness (QED) is 0.607. The van der Waals surface area contributed by atoms with Gasteiger partial charge in [0.15, 0.2) is 0 Å². The SMILES string of the molecule is [AlH][O]c1cccc2cccnc12. The lowest BCUT2D eigenvalue weighted by Gasteiger charge is -2.04. The molecule has 57 valence electrons. The molecule has 1 aromatic heterocycles. The van der Waals surface area contributed by atoms with Gasteiger partial charge in [0.2, 0.25) is 0 Å².